The Bertz CT molecular complexity index is 778. The van der Waals surface area contributed by atoms with Gasteiger partial charge < -0.3 is 5.32 Å². The van der Waals surface area contributed by atoms with Gasteiger partial charge in [-0.1, -0.05) is 26.0 Å². The molecule has 1 aliphatic rings. The van der Waals surface area contributed by atoms with Gasteiger partial charge in [-0.25, -0.2) is 8.42 Å². The van der Waals surface area contributed by atoms with E-state index in [-0.39, 0.29) is 29.0 Å². The van der Waals surface area contributed by atoms with E-state index in [1.165, 1.54) is 16.4 Å². The highest BCUT2D eigenvalue weighted by Crippen LogP contribution is 2.21. The lowest BCUT2D eigenvalue weighted by Crippen LogP contribution is -2.52. The van der Waals surface area contributed by atoms with Crippen LogP contribution >= 0.6 is 0 Å². The molecule has 1 atom stereocenters. The predicted molar refractivity (Wildman–Crippen MR) is 98.8 cm³/mol. The van der Waals surface area contributed by atoms with Crippen LogP contribution in [-0.4, -0.2) is 62.3 Å². The molecule has 1 heterocycles. The van der Waals surface area contributed by atoms with Gasteiger partial charge in [-0.15, -0.1) is 0 Å². The monoisotopic (exact) mass is 378 g/mol. The third-order valence-corrected chi connectivity index (χ3v) is 6.67. The summed E-state index contributed by atoms with van der Waals surface area (Å²) >= 11 is 0. The van der Waals surface area contributed by atoms with Crippen molar-refractivity contribution in [2.24, 2.45) is 5.92 Å². The van der Waals surface area contributed by atoms with Gasteiger partial charge in [-0.3, -0.25) is 9.69 Å². The number of carbonyl (C=O) groups is 1. The molecule has 7 nitrogen and oxygen atoms in total. The zero-order chi connectivity index (χ0) is 19.3. The number of nitrogens with one attached hydrogen (secondary N) is 1. The Morgan fingerprint density at radius 3 is 2.38 bits per heavy atom. The summed E-state index contributed by atoms with van der Waals surface area (Å²) in [6.45, 7) is 7.90. The molecule has 0 aliphatic carbocycles. The van der Waals surface area contributed by atoms with Crippen LogP contribution in [0, 0.1) is 17.2 Å². The minimum absolute atomic E-state index is 0.0412. The third kappa shape index (κ3) is 4.81. The molecule has 0 bridgehead atoms. The lowest BCUT2D eigenvalue weighted by molar-refractivity contribution is -0.123. The molecule has 1 aliphatic heterocycles. The fourth-order valence-corrected chi connectivity index (χ4v) is 4.28. The Kier molecular flexibility index (Phi) is 6.75. The summed E-state index contributed by atoms with van der Waals surface area (Å²) in [5.74, 6) is 0.318. The first-order valence-corrected chi connectivity index (χ1v) is 10.2. The number of benzene rings is 1. The minimum Gasteiger partial charge on any atom is -0.352 e. The van der Waals surface area contributed by atoms with Gasteiger partial charge in [-0.05, 0) is 25.0 Å². The van der Waals surface area contributed by atoms with Gasteiger partial charge in [0.25, 0.3) is 0 Å². The number of rotatable bonds is 6. The van der Waals surface area contributed by atoms with Crippen molar-refractivity contribution in [2.75, 3.05) is 32.7 Å². The standard InChI is InChI=1S/C18H26N4O3S/c1-14(2)15(3)20-18(23)13-21-8-10-22(11-9-21)26(24,25)17-7-5-4-6-16(17)12-19/h4-7,14-15H,8-11,13H2,1-3H3,(H,20,23)/t15-/m1/s1. The van der Waals surface area contributed by atoms with E-state index in [1.807, 2.05) is 31.7 Å². The van der Waals surface area contributed by atoms with E-state index in [1.54, 1.807) is 12.1 Å². The molecule has 0 unspecified atom stereocenters. The summed E-state index contributed by atoms with van der Waals surface area (Å²) in [6.07, 6.45) is 0. The van der Waals surface area contributed by atoms with E-state index < -0.39 is 10.0 Å². The number of nitrogens with zero attached hydrogens (tertiary/aromatic N) is 3. The first-order chi connectivity index (χ1) is 12.3. The van der Waals surface area contributed by atoms with Crippen molar-refractivity contribution in [3.8, 4) is 6.07 Å². The highest BCUT2D eigenvalue weighted by molar-refractivity contribution is 7.89. The summed E-state index contributed by atoms with van der Waals surface area (Å²) in [5.41, 5.74) is 0.150. The fraction of sp³-hybridized carbons (Fsp3) is 0.556. The van der Waals surface area contributed by atoms with E-state index >= 15 is 0 Å². The Morgan fingerprint density at radius 1 is 1.19 bits per heavy atom. The van der Waals surface area contributed by atoms with Gasteiger partial charge in [0.2, 0.25) is 15.9 Å². The SMILES string of the molecule is CC(C)[C@@H](C)NC(=O)CN1CCN(S(=O)(=O)c2ccccc2C#N)CC1. The van der Waals surface area contributed by atoms with Crippen molar-refractivity contribution >= 4 is 15.9 Å². The number of hydrogen-bond acceptors (Lipinski definition) is 5. The Hall–Kier alpha value is -1.95. The van der Waals surface area contributed by atoms with Crippen LogP contribution in [0.25, 0.3) is 0 Å². The van der Waals surface area contributed by atoms with Crippen molar-refractivity contribution in [2.45, 2.75) is 31.7 Å². The molecule has 1 aromatic rings. The zero-order valence-corrected chi connectivity index (χ0v) is 16.3. The van der Waals surface area contributed by atoms with Crippen LogP contribution in [0.5, 0.6) is 0 Å². The molecule has 26 heavy (non-hydrogen) atoms. The number of sulfonamides is 1. The first kappa shape index (κ1) is 20.4. The molecule has 0 saturated carbocycles. The van der Waals surface area contributed by atoms with Crippen molar-refractivity contribution in [3.63, 3.8) is 0 Å². The minimum atomic E-state index is -3.70. The van der Waals surface area contributed by atoms with Gasteiger partial charge in [-0.2, -0.15) is 9.57 Å². The smallest absolute Gasteiger partial charge is 0.244 e. The maximum Gasteiger partial charge on any atom is 0.244 e. The summed E-state index contributed by atoms with van der Waals surface area (Å²) in [5, 5.41) is 12.1. The van der Waals surface area contributed by atoms with Crippen LogP contribution in [0.15, 0.2) is 29.2 Å². The summed E-state index contributed by atoms with van der Waals surface area (Å²) < 4.78 is 27.0. The molecule has 8 heteroatoms. The quantitative estimate of drug-likeness (QED) is 0.798. The Labute approximate surface area is 155 Å². The van der Waals surface area contributed by atoms with Crippen LogP contribution < -0.4 is 5.32 Å². The topological polar surface area (TPSA) is 93.5 Å². The van der Waals surface area contributed by atoms with Crippen molar-refractivity contribution < 1.29 is 13.2 Å². The molecule has 0 aromatic heterocycles. The summed E-state index contributed by atoms with van der Waals surface area (Å²) in [4.78, 5) is 14.1. The highest BCUT2D eigenvalue weighted by atomic mass is 32.2. The van der Waals surface area contributed by atoms with E-state index in [4.69, 9.17) is 5.26 Å². The largest absolute Gasteiger partial charge is 0.352 e. The number of piperazine rings is 1. The van der Waals surface area contributed by atoms with Crippen LogP contribution in [0.4, 0.5) is 0 Å². The molecule has 2 rings (SSSR count). The molecule has 1 fully saturated rings. The Balaban J connectivity index is 1.96. The van der Waals surface area contributed by atoms with E-state index in [0.717, 1.165) is 0 Å². The second-order valence-corrected chi connectivity index (χ2v) is 8.79. The van der Waals surface area contributed by atoms with E-state index in [2.05, 4.69) is 5.32 Å². The Morgan fingerprint density at radius 2 is 1.81 bits per heavy atom. The summed E-state index contributed by atoms with van der Waals surface area (Å²) in [6, 6.07) is 8.26. The van der Waals surface area contributed by atoms with E-state index in [0.29, 0.717) is 32.1 Å². The molecule has 1 aromatic carbocycles. The molecular formula is C18H26N4O3S. The maximum atomic E-state index is 12.8. The van der Waals surface area contributed by atoms with Gasteiger partial charge in [0, 0.05) is 32.2 Å². The average Bonchev–Trinajstić information content (AvgIpc) is 2.61. The summed E-state index contributed by atoms with van der Waals surface area (Å²) in [7, 11) is -3.70. The van der Waals surface area contributed by atoms with Crippen LogP contribution in [0.2, 0.25) is 0 Å². The van der Waals surface area contributed by atoms with Gasteiger partial charge in [0.05, 0.1) is 17.0 Å². The molecular weight excluding hydrogens is 352 g/mol. The maximum absolute atomic E-state index is 12.8. The van der Waals surface area contributed by atoms with Crippen LogP contribution in [0.1, 0.15) is 26.3 Å². The normalized spacial score (nSPS) is 17.7. The molecule has 1 amide bonds. The average molecular weight is 378 g/mol. The highest BCUT2D eigenvalue weighted by Gasteiger charge is 2.30. The lowest BCUT2D eigenvalue weighted by Gasteiger charge is -2.34. The van der Waals surface area contributed by atoms with Crippen LogP contribution in [-0.2, 0) is 14.8 Å². The lowest BCUT2D eigenvalue weighted by atomic mass is 10.1. The fourth-order valence-electron chi connectivity index (χ4n) is 2.72. The van der Waals surface area contributed by atoms with E-state index in [9.17, 15) is 13.2 Å². The second kappa shape index (κ2) is 8.62. The van der Waals surface area contributed by atoms with Gasteiger partial charge >= 0.3 is 0 Å². The van der Waals surface area contributed by atoms with Gasteiger partial charge in [0.1, 0.15) is 6.07 Å². The van der Waals surface area contributed by atoms with Crippen molar-refractivity contribution in [1.29, 1.82) is 5.26 Å². The molecule has 0 spiro atoms. The van der Waals surface area contributed by atoms with Crippen molar-refractivity contribution in [3.05, 3.63) is 29.8 Å². The number of hydrogen-bond donors (Lipinski definition) is 1. The molecule has 1 N–H and O–H groups in total. The zero-order valence-electron chi connectivity index (χ0n) is 15.5. The van der Waals surface area contributed by atoms with Gasteiger partial charge in [0.15, 0.2) is 0 Å². The van der Waals surface area contributed by atoms with Crippen molar-refractivity contribution in [1.82, 2.24) is 14.5 Å². The third-order valence-electron chi connectivity index (χ3n) is 4.71. The number of nitriles is 1. The first-order valence-electron chi connectivity index (χ1n) is 8.76. The predicted octanol–water partition coefficient (Wildman–Crippen LogP) is 1.03. The molecule has 142 valence electrons. The number of amides is 1. The molecule has 1 saturated heterocycles. The number of carbonyl (C=O) groups excluding carboxylic acids is 1. The second-order valence-electron chi connectivity index (χ2n) is 6.89. The van der Waals surface area contributed by atoms with Crippen LogP contribution in [0.3, 0.4) is 0 Å². The molecule has 0 radical (unpaired) electrons.